The van der Waals surface area contributed by atoms with E-state index in [1.54, 1.807) is 0 Å². The second kappa shape index (κ2) is 6.72. The fourth-order valence-electron chi connectivity index (χ4n) is 3.09. The summed E-state index contributed by atoms with van der Waals surface area (Å²) in [5.41, 5.74) is 1.35. The molecule has 1 aromatic heterocycles. The third-order valence-electron chi connectivity index (χ3n) is 4.59. The van der Waals surface area contributed by atoms with Gasteiger partial charge in [0.1, 0.15) is 0 Å². The first-order valence-electron chi connectivity index (χ1n) is 7.98. The summed E-state index contributed by atoms with van der Waals surface area (Å²) < 4.78 is 8.44. The lowest BCUT2D eigenvalue weighted by molar-refractivity contribution is -0.0990. The summed E-state index contributed by atoms with van der Waals surface area (Å²) in [4.78, 5) is 4.36. The Morgan fingerprint density at radius 1 is 1.45 bits per heavy atom. The van der Waals surface area contributed by atoms with Crippen molar-refractivity contribution in [2.75, 3.05) is 6.61 Å². The average molecular weight is 279 g/mol. The summed E-state index contributed by atoms with van der Waals surface area (Å²) >= 11 is 0. The minimum atomic E-state index is 0.0654. The van der Waals surface area contributed by atoms with E-state index in [0.717, 1.165) is 38.8 Å². The Labute approximate surface area is 122 Å². The molecule has 114 valence electrons. The zero-order valence-corrected chi connectivity index (χ0v) is 13.4. The van der Waals surface area contributed by atoms with Crippen LogP contribution in [-0.2, 0) is 11.3 Å². The van der Waals surface area contributed by atoms with Crippen LogP contribution < -0.4 is 5.32 Å². The van der Waals surface area contributed by atoms with Gasteiger partial charge >= 0.3 is 0 Å². The lowest BCUT2D eigenvalue weighted by atomic mass is 9.85. The highest BCUT2D eigenvalue weighted by atomic mass is 16.5. The van der Waals surface area contributed by atoms with Crippen molar-refractivity contribution >= 4 is 0 Å². The van der Waals surface area contributed by atoms with Crippen LogP contribution in [0.4, 0.5) is 0 Å². The highest BCUT2D eigenvalue weighted by Crippen LogP contribution is 2.37. The third kappa shape index (κ3) is 3.41. The standard InChI is InChI=1S/C16H29N3O/c1-5-16(6-2)9-14(7-8-20-16)19-12-17-10-15(19)11-18-13(3)4/h10,12-14,18H,5-9,11H2,1-4H3. The summed E-state index contributed by atoms with van der Waals surface area (Å²) in [5.74, 6) is 0. The van der Waals surface area contributed by atoms with Gasteiger partial charge < -0.3 is 14.6 Å². The van der Waals surface area contributed by atoms with Crippen molar-refractivity contribution in [3.63, 3.8) is 0 Å². The Balaban J connectivity index is 2.09. The van der Waals surface area contributed by atoms with Crippen LogP contribution in [0.2, 0.25) is 0 Å². The predicted octanol–water partition coefficient (Wildman–Crippen LogP) is 3.29. The van der Waals surface area contributed by atoms with Gasteiger partial charge in [-0.15, -0.1) is 0 Å². The molecule has 0 amide bonds. The maximum absolute atomic E-state index is 6.08. The van der Waals surface area contributed by atoms with Crippen LogP contribution in [0.5, 0.6) is 0 Å². The van der Waals surface area contributed by atoms with E-state index in [4.69, 9.17) is 4.74 Å². The number of hydrogen-bond acceptors (Lipinski definition) is 3. The third-order valence-corrected chi connectivity index (χ3v) is 4.59. The van der Waals surface area contributed by atoms with Crippen LogP contribution in [0.3, 0.4) is 0 Å². The number of nitrogens with one attached hydrogen (secondary N) is 1. The fourth-order valence-corrected chi connectivity index (χ4v) is 3.09. The van der Waals surface area contributed by atoms with Gasteiger partial charge in [0.25, 0.3) is 0 Å². The zero-order valence-electron chi connectivity index (χ0n) is 13.4. The summed E-state index contributed by atoms with van der Waals surface area (Å²) in [6, 6.07) is 1.02. The van der Waals surface area contributed by atoms with Crippen LogP contribution >= 0.6 is 0 Å². The van der Waals surface area contributed by atoms with E-state index in [0.29, 0.717) is 12.1 Å². The van der Waals surface area contributed by atoms with Crippen molar-refractivity contribution in [1.82, 2.24) is 14.9 Å². The molecule has 0 aliphatic carbocycles. The molecule has 4 heteroatoms. The zero-order chi connectivity index (χ0) is 14.6. The highest BCUT2D eigenvalue weighted by Gasteiger charge is 2.35. The summed E-state index contributed by atoms with van der Waals surface area (Å²) in [6.45, 7) is 10.6. The lowest BCUT2D eigenvalue weighted by Gasteiger charge is -2.40. The molecular weight excluding hydrogens is 250 g/mol. The minimum Gasteiger partial charge on any atom is -0.375 e. The van der Waals surface area contributed by atoms with Gasteiger partial charge in [0.15, 0.2) is 0 Å². The quantitative estimate of drug-likeness (QED) is 0.868. The van der Waals surface area contributed by atoms with E-state index < -0.39 is 0 Å². The topological polar surface area (TPSA) is 39.1 Å². The van der Waals surface area contributed by atoms with Crippen LogP contribution in [0.1, 0.15) is 65.1 Å². The van der Waals surface area contributed by atoms with E-state index in [1.807, 2.05) is 12.5 Å². The molecule has 1 atom stereocenters. The molecule has 1 aliphatic rings. The van der Waals surface area contributed by atoms with E-state index in [-0.39, 0.29) is 5.60 Å². The van der Waals surface area contributed by atoms with Gasteiger partial charge in [-0.3, -0.25) is 0 Å². The monoisotopic (exact) mass is 279 g/mol. The Morgan fingerprint density at radius 2 is 2.20 bits per heavy atom. The molecule has 0 radical (unpaired) electrons. The molecule has 1 aromatic rings. The average Bonchev–Trinajstić information content (AvgIpc) is 2.93. The molecule has 0 aromatic carbocycles. The summed E-state index contributed by atoms with van der Waals surface area (Å²) in [5, 5.41) is 3.48. The van der Waals surface area contributed by atoms with Crippen molar-refractivity contribution in [3.05, 3.63) is 18.2 Å². The molecule has 1 fully saturated rings. The number of hydrogen-bond donors (Lipinski definition) is 1. The second-order valence-electron chi connectivity index (χ2n) is 6.21. The Bertz CT molecular complexity index is 410. The van der Waals surface area contributed by atoms with Crippen LogP contribution in [0, 0.1) is 0 Å². The van der Waals surface area contributed by atoms with Gasteiger partial charge in [0, 0.05) is 31.4 Å². The fraction of sp³-hybridized carbons (Fsp3) is 0.812. The van der Waals surface area contributed by atoms with Gasteiger partial charge in [0.2, 0.25) is 0 Å². The van der Waals surface area contributed by atoms with E-state index in [9.17, 15) is 0 Å². The molecule has 1 unspecified atom stereocenters. The maximum Gasteiger partial charge on any atom is 0.0951 e. The number of rotatable bonds is 6. The number of aromatic nitrogens is 2. The van der Waals surface area contributed by atoms with Gasteiger partial charge in [-0.25, -0.2) is 4.98 Å². The SMILES string of the molecule is CCC1(CC)CC(n2cncc2CNC(C)C)CCO1. The van der Waals surface area contributed by atoms with Crippen molar-refractivity contribution in [1.29, 1.82) is 0 Å². The van der Waals surface area contributed by atoms with E-state index in [2.05, 4.69) is 42.6 Å². The van der Waals surface area contributed by atoms with E-state index >= 15 is 0 Å². The first kappa shape index (κ1) is 15.5. The summed E-state index contributed by atoms with van der Waals surface area (Å²) in [7, 11) is 0. The van der Waals surface area contributed by atoms with Crippen molar-refractivity contribution in [2.24, 2.45) is 0 Å². The predicted molar refractivity (Wildman–Crippen MR) is 81.7 cm³/mol. The number of ether oxygens (including phenoxy) is 1. The van der Waals surface area contributed by atoms with Crippen LogP contribution in [0.25, 0.3) is 0 Å². The molecular formula is C16H29N3O. The molecule has 1 N–H and O–H groups in total. The summed E-state index contributed by atoms with van der Waals surface area (Å²) in [6.07, 6.45) is 8.36. The molecule has 0 bridgehead atoms. The normalized spacial score (nSPS) is 22.4. The molecule has 0 saturated carbocycles. The molecule has 2 heterocycles. The molecule has 1 saturated heterocycles. The van der Waals surface area contributed by atoms with Gasteiger partial charge in [-0.1, -0.05) is 27.7 Å². The molecule has 2 rings (SSSR count). The van der Waals surface area contributed by atoms with Gasteiger partial charge in [-0.05, 0) is 25.7 Å². The second-order valence-corrected chi connectivity index (χ2v) is 6.21. The van der Waals surface area contributed by atoms with Crippen LogP contribution in [0.15, 0.2) is 12.5 Å². The lowest BCUT2D eigenvalue weighted by Crippen LogP contribution is -2.40. The van der Waals surface area contributed by atoms with Crippen molar-refractivity contribution in [2.45, 2.75) is 77.6 Å². The Hall–Kier alpha value is -0.870. The highest BCUT2D eigenvalue weighted by molar-refractivity contribution is 5.02. The molecule has 1 aliphatic heterocycles. The number of imidazole rings is 1. The van der Waals surface area contributed by atoms with Gasteiger partial charge in [-0.2, -0.15) is 0 Å². The number of nitrogens with zero attached hydrogens (tertiary/aromatic N) is 2. The van der Waals surface area contributed by atoms with Crippen LogP contribution in [-0.4, -0.2) is 27.8 Å². The smallest absolute Gasteiger partial charge is 0.0951 e. The van der Waals surface area contributed by atoms with Gasteiger partial charge in [0.05, 0.1) is 17.6 Å². The first-order chi connectivity index (χ1) is 9.60. The van der Waals surface area contributed by atoms with Crippen molar-refractivity contribution < 1.29 is 4.74 Å². The molecule has 20 heavy (non-hydrogen) atoms. The van der Waals surface area contributed by atoms with Crippen molar-refractivity contribution in [3.8, 4) is 0 Å². The first-order valence-corrected chi connectivity index (χ1v) is 7.98. The van der Waals surface area contributed by atoms with E-state index in [1.165, 1.54) is 5.69 Å². The Morgan fingerprint density at radius 3 is 2.85 bits per heavy atom. The largest absolute Gasteiger partial charge is 0.375 e. The maximum atomic E-state index is 6.08. The minimum absolute atomic E-state index is 0.0654. The molecule has 0 spiro atoms. The Kier molecular flexibility index (Phi) is 5.22. The molecule has 4 nitrogen and oxygen atoms in total.